The van der Waals surface area contributed by atoms with E-state index in [2.05, 4.69) is 6.26 Å². The lowest BCUT2D eigenvalue weighted by atomic mass is 10.0. The zero-order valence-electron chi connectivity index (χ0n) is 6.68. The van der Waals surface area contributed by atoms with Crippen molar-refractivity contribution >= 4 is 11.8 Å². The number of rotatable bonds is 3. The molecule has 1 unspecified atom stereocenters. The van der Waals surface area contributed by atoms with Crippen molar-refractivity contribution in [2.75, 3.05) is 12.0 Å². The normalized spacial score (nSPS) is 23.4. The minimum Gasteiger partial charge on any atom is -0.327 e. The molecule has 2 N–H and O–H groups in total. The van der Waals surface area contributed by atoms with Gasteiger partial charge in [-0.1, -0.05) is 12.8 Å². The Morgan fingerprint density at radius 3 is 2.60 bits per heavy atom. The van der Waals surface area contributed by atoms with Gasteiger partial charge in [0.05, 0.1) is 0 Å². The van der Waals surface area contributed by atoms with E-state index in [1.807, 2.05) is 11.8 Å². The van der Waals surface area contributed by atoms with Crippen LogP contribution >= 0.6 is 11.8 Å². The lowest BCUT2D eigenvalue weighted by Gasteiger charge is -2.16. The van der Waals surface area contributed by atoms with Gasteiger partial charge >= 0.3 is 0 Å². The second kappa shape index (κ2) is 4.24. The van der Waals surface area contributed by atoms with Gasteiger partial charge in [0, 0.05) is 11.8 Å². The van der Waals surface area contributed by atoms with Crippen LogP contribution in [0.15, 0.2) is 0 Å². The molecule has 1 nitrogen and oxygen atoms in total. The SMILES string of the molecule is CSCC(N)C1CCCC1. The van der Waals surface area contributed by atoms with Gasteiger partial charge < -0.3 is 5.73 Å². The molecule has 1 aliphatic carbocycles. The van der Waals surface area contributed by atoms with Crippen LogP contribution in [0.4, 0.5) is 0 Å². The highest BCUT2D eigenvalue weighted by Crippen LogP contribution is 2.27. The molecule has 1 saturated carbocycles. The minimum absolute atomic E-state index is 0.470. The van der Waals surface area contributed by atoms with Crippen molar-refractivity contribution in [3.8, 4) is 0 Å². The third-order valence-corrected chi connectivity index (χ3v) is 3.08. The largest absolute Gasteiger partial charge is 0.327 e. The molecule has 0 aromatic carbocycles. The molecule has 1 fully saturated rings. The first kappa shape index (κ1) is 8.41. The molecule has 0 saturated heterocycles. The standard InChI is InChI=1S/C8H17NS/c1-10-6-8(9)7-4-2-3-5-7/h7-8H,2-6,9H2,1H3. The van der Waals surface area contributed by atoms with E-state index in [-0.39, 0.29) is 0 Å². The topological polar surface area (TPSA) is 26.0 Å². The molecule has 0 aliphatic heterocycles. The van der Waals surface area contributed by atoms with Crippen molar-refractivity contribution in [1.29, 1.82) is 0 Å². The molecule has 10 heavy (non-hydrogen) atoms. The van der Waals surface area contributed by atoms with Crippen LogP contribution in [0.5, 0.6) is 0 Å². The zero-order valence-corrected chi connectivity index (χ0v) is 7.49. The third-order valence-electron chi connectivity index (χ3n) is 2.36. The van der Waals surface area contributed by atoms with E-state index in [1.54, 1.807) is 0 Å². The van der Waals surface area contributed by atoms with E-state index in [4.69, 9.17) is 5.73 Å². The first-order chi connectivity index (χ1) is 4.84. The van der Waals surface area contributed by atoms with Crippen LogP contribution in [0, 0.1) is 5.92 Å². The summed E-state index contributed by atoms with van der Waals surface area (Å²) >= 11 is 1.87. The van der Waals surface area contributed by atoms with Crippen LogP contribution in [0.2, 0.25) is 0 Å². The molecule has 60 valence electrons. The van der Waals surface area contributed by atoms with Crippen LogP contribution in [-0.2, 0) is 0 Å². The fraction of sp³-hybridized carbons (Fsp3) is 1.00. The second-order valence-corrected chi connectivity index (χ2v) is 4.07. The van der Waals surface area contributed by atoms with Gasteiger partial charge in [-0.2, -0.15) is 11.8 Å². The van der Waals surface area contributed by atoms with E-state index in [0.29, 0.717) is 6.04 Å². The molecule has 2 heteroatoms. The van der Waals surface area contributed by atoms with E-state index in [0.717, 1.165) is 11.7 Å². The average Bonchev–Trinajstić information content (AvgIpc) is 2.38. The van der Waals surface area contributed by atoms with Gasteiger partial charge in [0.15, 0.2) is 0 Å². The Hall–Kier alpha value is 0.310. The maximum Gasteiger partial charge on any atom is 0.0158 e. The minimum atomic E-state index is 0.470. The van der Waals surface area contributed by atoms with Crippen molar-refractivity contribution in [3.63, 3.8) is 0 Å². The van der Waals surface area contributed by atoms with Crippen LogP contribution < -0.4 is 5.73 Å². The summed E-state index contributed by atoms with van der Waals surface area (Å²) in [6.07, 6.45) is 7.71. The molecule has 0 amide bonds. The Kier molecular flexibility index (Phi) is 3.57. The molecule has 1 aliphatic rings. The quantitative estimate of drug-likeness (QED) is 0.680. The first-order valence-electron chi connectivity index (χ1n) is 4.09. The van der Waals surface area contributed by atoms with Gasteiger partial charge in [-0.15, -0.1) is 0 Å². The highest BCUT2D eigenvalue weighted by Gasteiger charge is 2.20. The first-order valence-corrected chi connectivity index (χ1v) is 5.48. The maximum absolute atomic E-state index is 5.97. The van der Waals surface area contributed by atoms with Crippen molar-refractivity contribution in [2.24, 2.45) is 11.7 Å². The summed E-state index contributed by atoms with van der Waals surface area (Å²) in [6.45, 7) is 0. The van der Waals surface area contributed by atoms with Gasteiger partial charge in [0.25, 0.3) is 0 Å². The summed E-state index contributed by atoms with van der Waals surface area (Å²) in [4.78, 5) is 0. The monoisotopic (exact) mass is 159 g/mol. The summed E-state index contributed by atoms with van der Waals surface area (Å²) in [5.41, 5.74) is 5.97. The fourth-order valence-electron chi connectivity index (χ4n) is 1.71. The smallest absolute Gasteiger partial charge is 0.0158 e. The van der Waals surface area contributed by atoms with Crippen LogP contribution in [0.1, 0.15) is 25.7 Å². The molecular formula is C8H17NS. The Labute approximate surface area is 67.8 Å². The lowest BCUT2D eigenvalue weighted by Crippen LogP contribution is -2.30. The highest BCUT2D eigenvalue weighted by molar-refractivity contribution is 7.98. The summed E-state index contributed by atoms with van der Waals surface area (Å²) in [6, 6.07) is 0.470. The predicted octanol–water partition coefficient (Wildman–Crippen LogP) is 1.87. The number of thioether (sulfide) groups is 1. The van der Waals surface area contributed by atoms with Crippen molar-refractivity contribution in [3.05, 3.63) is 0 Å². The van der Waals surface area contributed by atoms with Crippen LogP contribution in [-0.4, -0.2) is 18.1 Å². The Morgan fingerprint density at radius 1 is 1.50 bits per heavy atom. The molecule has 1 atom stereocenters. The van der Waals surface area contributed by atoms with Crippen molar-refractivity contribution in [2.45, 2.75) is 31.7 Å². The van der Waals surface area contributed by atoms with Crippen molar-refractivity contribution in [1.82, 2.24) is 0 Å². The van der Waals surface area contributed by atoms with Gasteiger partial charge in [0.1, 0.15) is 0 Å². The number of hydrogen-bond acceptors (Lipinski definition) is 2. The van der Waals surface area contributed by atoms with Crippen molar-refractivity contribution < 1.29 is 0 Å². The molecular weight excluding hydrogens is 142 g/mol. The molecule has 0 aromatic heterocycles. The lowest BCUT2D eigenvalue weighted by molar-refractivity contribution is 0.463. The molecule has 1 rings (SSSR count). The molecule has 0 radical (unpaired) electrons. The van der Waals surface area contributed by atoms with Crippen LogP contribution in [0.3, 0.4) is 0 Å². The molecule has 0 spiro atoms. The molecule has 0 aromatic rings. The zero-order chi connectivity index (χ0) is 7.40. The van der Waals surface area contributed by atoms with Gasteiger partial charge in [-0.3, -0.25) is 0 Å². The highest BCUT2D eigenvalue weighted by atomic mass is 32.2. The van der Waals surface area contributed by atoms with E-state index >= 15 is 0 Å². The van der Waals surface area contributed by atoms with Gasteiger partial charge in [-0.25, -0.2) is 0 Å². The third kappa shape index (κ3) is 2.17. The maximum atomic E-state index is 5.97. The average molecular weight is 159 g/mol. The van der Waals surface area contributed by atoms with E-state index in [9.17, 15) is 0 Å². The molecule has 0 bridgehead atoms. The Balaban J connectivity index is 2.18. The molecule has 0 heterocycles. The Bertz CT molecular complexity index is 89.3. The number of hydrogen-bond donors (Lipinski definition) is 1. The number of nitrogens with two attached hydrogens (primary N) is 1. The fourth-order valence-corrected chi connectivity index (χ4v) is 2.37. The van der Waals surface area contributed by atoms with Crippen LogP contribution in [0.25, 0.3) is 0 Å². The van der Waals surface area contributed by atoms with Gasteiger partial charge in [0.2, 0.25) is 0 Å². The summed E-state index contributed by atoms with van der Waals surface area (Å²) in [5, 5.41) is 0. The predicted molar refractivity (Wildman–Crippen MR) is 48.3 cm³/mol. The van der Waals surface area contributed by atoms with Gasteiger partial charge in [-0.05, 0) is 25.0 Å². The summed E-state index contributed by atoms with van der Waals surface area (Å²) < 4.78 is 0. The second-order valence-electron chi connectivity index (χ2n) is 3.16. The summed E-state index contributed by atoms with van der Waals surface area (Å²) in [5.74, 6) is 1.98. The van der Waals surface area contributed by atoms with E-state index < -0.39 is 0 Å². The summed E-state index contributed by atoms with van der Waals surface area (Å²) in [7, 11) is 0. The Morgan fingerprint density at radius 2 is 2.10 bits per heavy atom. The van der Waals surface area contributed by atoms with E-state index in [1.165, 1.54) is 25.7 Å².